The summed E-state index contributed by atoms with van der Waals surface area (Å²) in [6.07, 6.45) is 1.01. The molecule has 0 spiro atoms. The normalized spacial score (nSPS) is 15.8. The summed E-state index contributed by atoms with van der Waals surface area (Å²) in [7, 11) is 3.23. The molecule has 110 valence electrons. The van der Waals surface area contributed by atoms with Crippen molar-refractivity contribution in [1.29, 1.82) is 0 Å². The third-order valence-electron chi connectivity index (χ3n) is 3.31. The third kappa shape index (κ3) is 2.53. The van der Waals surface area contributed by atoms with E-state index in [9.17, 15) is 14.7 Å². The minimum atomic E-state index is -2.40. The fourth-order valence-corrected chi connectivity index (χ4v) is 2.20. The van der Waals surface area contributed by atoms with E-state index >= 15 is 0 Å². The molecule has 0 aliphatic heterocycles. The van der Waals surface area contributed by atoms with Crippen molar-refractivity contribution in [3.05, 3.63) is 27.2 Å². The van der Waals surface area contributed by atoms with E-state index < -0.39 is 24.2 Å². The molecule has 0 radical (unpaired) electrons. The van der Waals surface area contributed by atoms with E-state index in [4.69, 9.17) is 4.11 Å². The van der Waals surface area contributed by atoms with Gasteiger partial charge in [0, 0.05) is 24.8 Å². The SMILES string of the molecule is [2H]C([2H])([2H])[C@@H](O)CCCCn1c(=O)c2c(ncn2C)n(C)c1=O. The van der Waals surface area contributed by atoms with Gasteiger partial charge in [-0.05, 0) is 26.1 Å². The zero-order chi connectivity index (χ0) is 17.4. The first-order valence-electron chi connectivity index (χ1n) is 7.93. The highest BCUT2D eigenvalue weighted by atomic mass is 16.3. The molecule has 0 saturated carbocycles. The first-order valence-corrected chi connectivity index (χ1v) is 6.43. The predicted molar refractivity (Wildman–Crippen MR) is 75.7 cm³/mol. The Morgan fingerprint density at radius 1 is 1.40 bits per heavy atom. The van der Waals surface area contributed by atoms with Crippen molar-refractivity contribution in [3.63, 3.8) is 0 Å². The number of rotatable bonds is 5. The number of unbranched alkanes of at least 4 members (excludes halogenated alkanes) is 1. The molecule has 2 heterocycles. The minimum absolute atomic E-state index is 0.0967. The van der Waals surface area contributed by atoms with E-state index in [2.05, 4.69) is 4.98 Å². The highest BCUT2D eigenvalue weighted by Gasteiger charge is 2.14. The van der Waals surface area contributed by atoms with Gasteiger partial charge in [-0.1, -0.05) is 0 Å². The van der Waals surface area contributed by atoms with Crippen molar-refractivity contribution in [3.8, 4) is 0 Å². The number of hydrogen-bond acceptors (Lipinski definition) is 4. The molecule has 0 aromatic carbocycles. The molecule has 0 unspecified atom stereocenters. The molecule has 0 amide bonds. The maximum absolute atomic E-state index is 12.4. The van der Waals surface area contributed by atoms with Crippen molar-refractivity contribution in [2.75, 3.05) is 0 Å². The van der Waals surface area contributed by atoms with Crippen LogP contribution in [0, 0.1) is 0 Å². The molecule has 7 heteroatoms. The van der Waals surface area contributed by atoms with Crippen LogP contribution in [0.15, 0.2) is 15.9 Å². The van der Waals surface area contributed by atoms with E-state index in [1.54, 1.807) is 18.7 Å². The topological polar surface area (TPSA) is 82.1 Å². The zero-order valence-corrected chi connectivity index (χ0v) is 11.5. The minimum Gasteiger partial charge on any atom is -0.393 e. The van der Waals surface area contributed by atoms with E-state index in [-0.39, 0.29) is 13.0 Å². The van der Waals surface area contributed by atoms with Crippen LogP contribution >= 0.6 is 0 Å². The predicted octanol–water partition coefficient (Wildman–Crippen LogP) is -0.0152. The van der Waals surface area contributed by atoms with Gasteiger partial charge < -0.3 is 9.67 Å². The second kappa shape index (κ2) is 5.62. The van der Waals surface area contributed by atoms with Gasteiger partial charge in [0.25, 0.3) is 5.56 Å². The second-order valence-electron chi connectivity index (χ2n) is 4.84. The van der Waals surface area contributed by atoms with Crippen molar-refractivity contribution in [1.82, 2.24) is 18.7 Å². The molecule has 0 aliphatic rings. The van der Waals surface area contributed by atoms with E-state index in [0.717, 1.165) is 4.57 Å². The summed E-state index contributed by atoms with van der Waals surface area (Å²) in [5, 5.41) is 9.48. The summed E-state index contributed by atoms with van der Waals surface area (Å²) in [5.74, 6) is 0. The highest BCUT2D eigenvalue weighted by molar-refractivity contribution is 5.69. The van der Waals surface area contributed by atoms with Crippen molar-refractivity contribution >= 4 is 11.2 Å². The molecular formula is C13H20N4O3. The van der Waals surface area contributed by atoms with Gasteiger partial charge in [0.1, 0.15) is 0 Å². The van der Waals surface area contributed by atoms with Gasteiger partial charge in [-0.15, -0.1) is 0 Å². The fraction of sp³-hybridized carbons (Fsp3) is 0.615. The number of hydrogen-bond donors (Lipinski definition) is 1. The smallest absolute Gasteiger partial charge is 0.332 e. The lowest BCUT2D eigenvalue weighted by Crippen LogP contribution is -2.39. The van der Waals surface area contributed by atoms with Gasteiger partial charge in [0.2, 0.25) is 0 Å². The Hall–Kier alpha value is -1.89. The average molecular weight is 283 g/mol. The standard InChI is InChI=1S/C13H20N4O3/c1-9(18)6-4-5-7-17-12(19)10-11(14-8-15(10)2)16(3)13(17)20/h8-9,18H,4-7H2,1-3H3/t9-/m1/s1/i1D3. The molecule has 1 N–H and O–H groups in total. The Labute approximate surface area is 120 Å². The number of aliphatic hydroxyl groups is 1. The van der Waals surface area contributed by atoms with E-state index in [1.165, 1.54) is 10.9 Å². The first-order chi connectivity index (χ1) is 10.6. The number of imidazole rings is 1. The van der Waals surface area contributed by atoms with Crippen molar-refractivity contribution in [2.45, 2.75) is 38.8 Å². The maximum atomic E-state index is 12.4. The number of aryl methyl sites for hydroxylation is 2. The number of nitrogens with zero attached hydrogens (tertiary/aromatic N) is 4. The summed E-state index contributed by atoms with van der Waals surface area (Å²) in [5.41, 5.74) is -0.205. The second-order valence-corrected chi connectivity index (χ2v) is 4.84. The van der Waals surface area contributed by atoms with E-state index in [1.807, 2.05) is 0 Å². The Morgan fingerprint density at radius 3 is 2.85 bits per heavy atom. The largest absolute Gasteiger partial charge is 0.393 e. The van der Waals surface area contributed by atoms with Crippen molar-refractivity contribution < 1.29 is 9.22 Å². The van der Waals surface area contributed by atoms with Gasteiger partial charge in [0.15, 0.2) is 11.2 Å². The summed E-state index contributed by atoms with van der Waals surface area (Å²) < 4.78 is 25.3. The van der Waals surface area contributed by atoms with Crippen LogP contribution in [0.5, 0.6) is 0 Å². The molecule has 0 aliphatic carbocycles. The third-order valence-corrected chi connectivity index (χ3v) is 3.31. The molecule has 2 aromatic heterocycles. The Balaban J connectivity index is 2.17. The molecule has 0 bridgehead atoms. The summed E-state index contributed by atoms with van der Waals surface area (Å²) in [6, 6.07) is 0. The molecule has 2 rings (SSSR count). The van der Waals surface area contributed by atoms with Crippen LogP contribution in [0.4, 0.5) is 0 Å². The van der Waals surface area contributed by atoms with E-state index in [0.29, 0.717) is 24.0 Å². The lowest BCUT2D eigenvalue weighted by atomic mass is 10.2. The van der Waals surface area contributed by atoms with Crippen molar-refractivity contribution in [2.24, 2.45) is 14.1 Å². The van der Waals surface area contributed by atoms with Crippen LogP contribution in [0.1, 0.15) is 30.2 Å². The van der Waals surface area contributed by atoms with Crippen LogP contribution in [0.25, 0.3) is 11.2 Å². The van der Waals surface area contributed by atoms with Gasteiger partial charge in [-0.2, -0.15) is 0 Å². The van der Waals surface area contributed by atoms with Crippen LogP contribution in [0.2, 0.25) is 0 Å². The van der Waals surface area contributed by atoms with Gasteiger partial charge in [-0.3, -0.25) is 13.9 Å². The lowest BCUT2D eigenvalue weighted by molar-refractivity contribution is 0.180. The molecule has 0 saturated heterocycles. The first kappa shape index (κ1) is 10.8. The summed E-state index contributed by atoms with van der Waals surface area (Å²) in [4.78, 5) is 28.7. The Kier molecular flexibility index (Phi) is 3.05. The van der Waals surface area contributed by atoms with Crippen LogP contribution in [-0.2, 0) is 20.6 Å². The van der Waals surface area contributed by atoms with Crippen LogP contribution in [-0.4, -0.2) is 29.9 Å². The monoisotopic (exact) mass is 283 g/mol. The van der Waals surface area contributed by atoms with Crippen LogP contribution in [0.3, 0.4) is 0 Å². The summed E-state index contributed by atoms with van der Waals surface area (Å²) in [6.45, 7) is -2.24. The quantitative estimate of drug-likeness (QED) is 0.782. The maximum Gasteiger partial charge on any atom is 0.332 e. The van der Waals surface area contributed by atoms with Gasteiger partial charge in [0.05, 0.1) is 12.4 Å². The average Bonchev–Trinajstić information content (AvgIpc) is 2.85. The lowest BCUT2D eigenvalue weighted by Gasteiger charge is -2.09. The number of aromatic nitrogens is 4. The molecule has 0 fully saturated rings. The van der Waals surface area contributed by atoms with Crippen LogP contribution < -0.4 is 11.2 Å². The highest BCUT2D eigenvalue weighted by Crippen LogP contribution is 2.04. The Morgan fingerprint density at radius 2 is 2.15 bits per heavy atom. The number of fused-ring (bicyclic) bond motifs is 1. The molecule has 7 nitrogen and oxygen atoms in total. The molecule has 1 atom stereocenters. The molecular weight excluding hydrogens is 260 g/mol. The molecule has 20 heavy (non-hydrogen) atoms. The van der Waals surface area contributed by atoms with Gasteiger partial charge in [-0.25, -0.2) is 9.78 Å². The fourth-order valence-electron chi connectivity index (χ4n) is 2.20. The zero-order valence-electron chi connectivity index (χ0n) is 14.5. The molecule has 2 aromatic rings. The number of aliphatic hydroxyl groups excluding tert-OH is 1. The summed E-state index contributed by atoms with van der Waals surface area (Å²) >= 11 is 0. The van der Waals surface area contributed by atoms with Gasteiger partial charge >= 0.3 is 5.69 Å². The Bertz CT molecular complexity index is 819.